The number of para-hydroxylation sites is 1. The molecule has 2 atom stereocenters. The number of anilines is 2. The average molecular weight is 304 g/mol. The van der Waals surface area contributed by atoms with E-state index in [2.05, 4.69) is 6.07 Å². The fourth-order valence-corrected chi connectivity index (χ4v) is 4.15. The minimum atomic E-state index is -0.629. The number of fused-ring (bicyclic) bond motifs is 2. The molecule has 1 spiro atoms. The number of rotatable bonds is 1. The van der Waals surface area contributed by atoms with Crippen LogP contribution in [0.1, 0.15) is 17.5 Å². The first-order valence-corrected chi connectivity index (χ1v) is 7.96. The Kier molecular flexibility index (Phi) is 2.25. The minimum Gasteiger partial charge on any atom is -0.278 e. The molecule has 2 aliphatic heterocycles. The van der Waals surface area contributed by atoms with Crippen molar-refractivity contribution in [2.75, 3.05) is 9.80 Å². The van der Waals surface area contributed by atoms with Crippen LogP contribution in [-0.2, 0) is 11.2 Å². The molecule has 3 aliphatic rings. The molecule has 3 amide bonds. The molecule has 1 saturated heterocycles. The predicted octanol–water partition coefficient (Wildman–Crippen LogP) is 3.28. The highest BCUT2D eigenvalue weighted by Gasteiger charge is 2.73. The van der Waals surface area contributed by atoms with Gasteiger partial charge in [0, 0.05) is 5.69 Å². The van der Waals surface area contributed by atoms with Crippen LogP contribution in [0, 0.1) is 12.8 Å². The Morgan fingerprint density at radius 1 is 1.04 bits per heavy atom. The lowest BCUT2D eigenvalue weighted by Gasteiger charge is -2.29. The van der Waals surface area contributed by atoms with Crippen LogP contribution in [0.5, 0.6) is 0 Å². The second-order valence-electron chi connectivity index (χ2n) is 6.75. The highest BCUT2D eigenvalue weighted by atomic mass is 16.2. The molecule has 2 fully saturated rings. The molecule has 4 nitrogen and oxygen atoms in total. The zero-order valence-corrected chi connectivity index (χ0v) is 12.8. The first-order chi connectivity index (χ1) is 11.1. The van der Waals surface area contributed by atoms with E-state index in [1.54, 1.807) is 4.90 Å². The number of carbonyl (C=O) groups excluding carboxylic acids is 2. The summed E-state index contributed by atoms with van der Waals surface area (Å²) in [6, 6.07) is 15.3. The van der Waals surface area contributed by atoms with Crippen molar-refractivity contribution in [2.24, 2.45) is 5.92 Å². The Labute approximate surface area is 134 Å². The van der Waals surface area contributed by atoms with Gasteiger partial charge in [-0.15, -0.1) is 0 Å². The van der Waals surface area contributed by atoms with Gasteiger partial charge in [0.05, 0.1) is 5.69 Å². The Balaban J connectivity index is 1.66. The van der Waals surface area contributed by atoms with Crippen molar-refractivity contribution in [1.29, 1.82) is 0 Å². The molecule has 1 saturated carbocycles. The Bertz CT molecular complexity index is 858. The van der Waals surface area contributed by atoms with Crippen LogP contribution in [0.15, 0.2) is 48.5 Å². The van der Waals surface area contributed by atoms with Crippen LogP contribution in [-0.4, -0.2) is 17.5 Å². The molecule has 0 radical (unpaired) electrons. The Hall–Kier alpha value is -2.62. The van der Waals surface area contributed by atoms with E-state index in [1.807, 2.05) is 49.4 Å². The summed E-state index contributed by atoms with van der Waals surface area (Å²) in [5, 5.41) is 0. The fraction of sp³-hybridized carbons (Fsp3) is 0.263. The van der Waals surface area contributed by atoms with E-state index in [9.17, 15) is 9.59 Å². The lowest BCUT2D eigenvalue weighted by molar-refractivity contribution is -0.119. The van der Waals surface area contributed by atoms with Crippen molar-refractivity contribution in [1.82, 2.24) is 0 Å². The SMILES string of the molecule is Cc1ccc(N2C(=O)N3c4ccccc4CC4CC43C2=O)cc1. The Morgan fingerprint density at radius 2 is 1.78 bits per heavy atom. The molecule has 0 N–H and O–H groups in total. The standard InChI is InChI=1S/C19H16N2O2/c1-12-6-8-15(9-7-12)20-17(22)19-11-14(19)10-13-4-2-3-5-16(13)21(19)18(20)23/h2-9,14H,10-11H2,1H3. The van der Waals surface area contributed by atoms with Gasteiger partial charge in [0.2, 0.25) is 0 Å². The summed E-state index contributed by atoms with van der Waals surface area (Å²) in [5.74, 6) is 0.190. The third-order valence-corrected chi connectivity index (χ3v) is 5.42. The van der Waals surface area contributed by atoms with Crippen molar-refractivity contribution < 1.29 is 9.59 Å². The molecular weight excluding hydrogens is 288 g/mol. The third-order valence-electron chi connectivity index (χ3n) is 5.42. The number of nitrogens with zero attached hydrogens (tertiary/aromatic N) is 2. The molecule has 2 heterocycles. The number of amides is 3. The zero-order valence-electron chi connectivity index (χ0n) is 12.8. The first kappa shape index (κ1) is 12.9. The van der Waals surface area contributed by atoms with Crippen LogP contribution in [0.25, 0.3) is 0 Å². The van der Waals surface area contributed by atoms with Crippen LogP contribution in [0.2, 0.25) is 0 Å². The number of hydrogen-bond donors (Lipinski definition) is 0. The fourth-order valence-electron chi connectivity index (χ4n) is 4.15. The van der Waals surface area contributed by atoms with Crippen molar-refractivity contribution >= 4 is 23.3 Å². The third kappa shape index (κ3) is 1.46. The molecular formula is C19H16N2O2. The topological polar surface area (TPSA) is 40.6 Å². The molecule has 5 rings (SSSR count). The van der Waals surface area contributed by atoms with Crippen molar-refractivity contribution in [2.45, 2.75) is 25.3 Å². The maximum absolute atomic E-state index is 13.1. The molecule has 114 valence electrons. The Morgan fingerprint density at radius 3 is 2.57 bits per heavy atom. The summed E-state index contributed by atoms with van der Waals surface area (Å²) in [6.45, 7) is 1.99. The van der Waals surface area contributed by atoms with Crippen LogP contribution >= 0.6 is 0 Å². The maximum atomic E-state index is 13.1. The smallest absolute Gasteiger partial charge is 0.278 e. The molecule has 2 aromatic carbocycles. The summed E-state index contributed by atoms with van der Waals surface area (Å²) < 4.78 is 0. The summed E-state index contributed by atoms with van der Waals surface area (Å²) in [5.41, 5.74) is 3.21. The number of aryl methyl sites for hydroxylation is 1. The quantitative estimate of drug-likeness (QED) is 0.759. The average Bonchev–Trinajstić information content (AvgIpc) is 3.24. The van der Waals surface area contributed by atoms with Crippen LogP contribution in [0.3, 0.4) is 0 Å². The van der Waals surface area contributed by atoms with Crippen LogP contribution in [0.4, 0.5) is 16.2 Å². The molecule has 0 aromatic heterocycles. The van der Waals surface area contributed by atoms with Crippen molar-refractivity contribution in [3.63, 3.8) is 0 Å². The minimum absolute atomic E-state index is 0.0640. The molecule has 2 aromatic rings. The van der Waals surface area contributed by atoms with Gasteiger partial charge in [0.15, 0.2) is 0 Å². The zero-order chi connectivity index (χ0) is 15.8. The number of hydrogen-bond acceptors (Lipinski definition) is 2. The summed E-state index contributed by atoms with van der Waals surface area (Å²) in [4.78, 5) is 29.2. The van der Waals surface area contributed by atoms with Gasteiger partial charge in [0.25, 0.3) is 5.91 Å². The maximum Gasteiger partial charge on any atom is 0.336 e. The van der Waals surface area contributed by atoms with E-state index in [-0.39, 0.29) is 17.9 Å². The normalized spacial score (nSPS) is 27.6. The highest BCUT2D eigenvalue weighted by Crippen LogP contribution is 2.60. The summed E-state index contributed by atoms with van der Waals surface area (Å²) >= 11 is 0. The van der Waals surface area contributed by atoms with Gasteiger partial charge >= 0.3 is 6.03 Å². The van der Waals surface area contributed by atoms with Gasteiger partial charge in [-0.3, -0.25) is 9.69 Å². The van der Waals surface area contributed by atoms with E-state index >= 15 is 0 Å². The lowest BCUT2D eigenvalue weighted by atomic mass is 9.97. The molecule has 23 heavy (non-hydrogen) atoms. The van der Waals surface area contributed by atoms with Gasteiger partial charge in [-0.2, -0.15) is 0 Å². The first-order valence-electron chi connectivity index (χ1n) is 7.96. The van der Waals surface area contributed by atoms with E-state index in [0.717, 1.165) is 29.7 Å². The molecule has 4 heteroatoms. The van der Waals surface area contributed by atoms with E-state index in [4.69, 9.17) is 0 Å². The predicted molar refractivity (Wildman–Crippen MR) is 87.5 cm³/mol. The summed E-state index contributed by atoms with van der Waals surface area (Å²) in [7, 11) is 0. The van der Waals surface area contributed by atoms with E-state index in [1.165, 1.54) is 4.90 Å². The number of imide groups is 1. The number of urea groups is 1. The second-order valence-corrected chi connectivity index (χ2v) is 6.75. The van der Waals surface area contributed by atoms with Gasteiger partial charge in [-0.1, -0.05) is 35.9 Å². The molecule has 2 unspecified atom stereocenters. The van der Waals surface area contributed by atoms with E-state index in [0.29, 0.717) is 5.69 Å². The van der Waals surface area contributed by atoms with Gasteiger partial charge in [-0.05, 0) is 49.4 Å². The number of benzene rings is 2. The summed E-state index contributed by atoms with van der Waals surface area (Å²) in [6.07, 6.45) is 1.65. The monoisotopic (exact) mass is 304 g/mol. The van der Waals surface area contributed by atoms with Crippen LogP contribution < -0.4 is 9.80 Å². The largest absolute Gasteiger partial charge is 0.336 e. The second kappa shape index (κ2) is 4.02. The van der Waals surface area contributed by atoms with Gasteiger partial charge < -0.3 is 0 Å². The van der Waals surface area contributed by atoms with Crippen molar-refractivity contribution in [3.05, 3.63) is 59.7 Å². The van der Waals surface area contributed by atoms with Gasteiger partial charge in [0.1, 0.15) is 5.54 Å². The molecule has 0 bridgehead atoms. The van der Waals surface area contributed by atoms with E-state index < -0.39 is 5.54 Å². The lowest BCUT2D eigenvalue weighted by Crippen LogP contribution is -2.42. The molecule has 1 aliphatic carbocycles. The van der Waals surface area contributed by atoms with Gasteiger partial charge in [-0.25, -0.2) is 9.69 Å². The number of carbonyl (C=O) groups is 2. The van der Waals surface area contributed by atoms with Crippen molar-refractivity contribution in [3.8, 4) is 0 Å². The highest BCUT2D eigenvalue weighted by molar-refractivity contribution is 6.32.